The fraction of sp³-hybridized carbons (Fsp3) is 0.273. The van der Waals surface area contributed by atoms with Crippen LogP contribution >= 0.6 is 11.3 Å². The molecule has 146 valence electrons. The highest BCUT2D eigenvalue weighted by Gasteiger charge is 2.15. The van der Waals surface area contributed by atoms with Gasteiger partial charge in [0.1, 0.15) is 34.6 Å². The van der Waals surface area contributed by atoms with E-state index in [2.05, 4.69) is 31.0 Å². The van der Waals surface area contributed by atoms with Crippen LogP contribution in [0.25, 0.3) is 10.6 Å². The zero-order chi connectivity index (χ0) is 20.1. The molecule has 5 nitrogen and oxygen atoms in total. The number of aromatic nitrogens is 1. The van der Waals surface area contributed by atoms with Crippen molar-refractivity contribution < 1.29 is 19.4 Å². The molecular formula is C22H23NO4S. The molecule has 1 heterocycles. The van der Waals surface area contributed by atoms with Crippen LogP contribution in [-0.2, 0) is 0 Å². The number of carbonyl (C=O) groups is 1. The van der Waals surface area contributed by atoms with Crippen molar-refractivity contribution in [2.75, 3.05) is 13.2 Å². The van der Waals surface area contributed by atoms with Crippen LogP contribution in [0.1, 0.15) is 40.7 Å². The maximum absolute atomic E-state index is 11.2. The molecule has 0 unspecified atom stereocenters. The van der Waals surface area contributed by atoms with Gasteiger partial charge in [0, 0.05) is 5.56 Å². The molecule has 0 saturated heterocycles. The summed E-state index contributed by atoms with van der Waals surface area (Å²) in [6.45, 7) is 6.87. The molecule has 0 aliphatic rings. The largest absolute Gasteiger partial charge is 0.490 e. The number of carboxylic acids is 1. The van der Waals surface area contributed by atoms with Gasteiger partial charge in [0.05, 0.1) is 5.69 Å². The summed E-state index contributed by atoms with van der Waals surface area (Å²) in [4.78, 5) is 15.8. The van der Waals surface area contributed by atoms with Gasteiger partial charge < -0.3 is 14.6 Å². The lowest BCUT2D eigenvalue weighted by molar-refractivity contribution is 0.0701. The fourth-order valence-electron chi connectivity index (χ4n) is 2.71. The van der Waals surface area contributed by atoms with Crippen LogP contribution in [0.2, 0.25) is 0 Å². The van der Waals surface area contributed by atoms with Gasteiger partial charge in [0.15, 0.2) is 0 Å². The van der Waals surface area contributed by atoms with E-state index in [0.29, 0.717) is 35.6 Å². The summed E-state index contributed by atoms with van der Waals surface area (Å²) >= 11 is 1.17. The maximum atomic E-state index is 11.2. The minimum absolute atomic E-state index is 0.262. The molecule has 0 aliphatic heterocycles. The van der Waals surface area contributed by atoms with Crippen molar-refractivity contribution in [3.63, 3.8) is 0 Å². The van der Waals surface area contributed by atoms with Crippen molar-refractivity contribution >= 4 is 17.3 Å². The first-order valence-corrected chi connectivity index (χ1v) is 9.92. The molecule has 3 rings (SSSR count). The molecule has 0 fully saturated rings. The Morgan fingerprint density at radius 3 is 2.36 bits per heavy atom. The second kappa shape index (κ2) is 8.89. The summed E-state index contributed by atoms with van der Waals surface area (Å²) < 4.78 is 11.5. The first-order valence-electron chi connectivity index (χ1n) is 9.10. The smallest absolute Gasteiger partial charge is 0.347 e. The van der Waals surface area contributed by atoms with Crippen molar-refractivity contribution in [1.82, 2.24) is 4.98 Å². The van der Waals surface area contributed by atoms with Gasteiger partial charge in [-0.2, -0.15) is 0 Å². The third-order valence-corrected chi connectivity index (χ3v) is 5.43. The number of aryl methyl sites for hydroxylation is 1. The molecule has 0 radical (unpaired) electrons. The minimum atomic E-state index is -0.952. The van der Waals surface area contributed by atoms with Gasteiger partial charge >= 0.3 is 5.97 Å². The second-order valence-corrected chi connectivity index (χ2v) is 7.69. The highest BCUT2D eigenvalue weighted by atomic mass is 32.1. The number of thiazole rings is 1. The molecule has 1 aromatic heterocycles. The van der Waals surface area contributed by atoms with Crippen LogP contribution in [0.3, 0.4) is 0 Å². The van der Waals surface area contributed by atoms with E-state index in [9.17, 15) is 9.90 Å². The maximum Gasteiger partial charge on any atom is 0.347 e. The third-order valence-electron chi connectivity index (χ3n) is 4.24. The summed E-state index contributed by atoms with van der Waals surface area (Å²) in [5, 5.41) is 9.86. The average molecular weight is 397 g/mol. The van der Waals surface area contributed by atoms with Crippen LogP contribution in [0.5, 0.6) is 11.5 Å². The monoisotopic (exact) mass is 397 g/mol. The van der Waals surface area contributed by atoms with Crippen molar-refractivity contribution in [3.8, 4) is 22.1 Å². The zero-order valence-corrected chi connectivity index (χ0v) is 17.0. The number of ether oxygens (including phenoxy) is 2. The van der Waals surface area contributed by atoms with E-state index in [-0.39, 0.29) is 4.88 Å². The Kier molecular flexibility index (Phi) is 6.31. The van der Waals surface area contributed by atoms with Crippen LogP contribution in [0.4, 0.5) is 0 Å². The predicted octanol–water partition coefficient (Wildman–Crippen LogP) is 5.40. The molecule has 0 aliphatic carbocycles. The summed E-state index contributed by atoms with van der Waals surface area (Å²) in [6, 6.07) is 15.6. The van der Waals surface area contributed by atoms with Crippen LogP contribution in [0.15, 0.2) is 48.5 Å². The van der Waals surface area contributed by atoms with E-state index in [0.717, 1.165) is 11.3 Å². The molecule has 28 heavy (non-hydrogen) atoms. The first kappa shape index (κ1) is 19.9. The van der Waals surface area contributed by atoms with Crippen LogP contribution in [0, 0.1) is 6.92 Å². The minimum Gasteiger partial charge on any atom is -0.490 e. The highest BCUT2D eigenvalue weighted by Crippen LogP contribution is 2.30. The molecule has 0 saturated carbocycles. The number of aromatic carboxylic acids is 1. The van der Waals surface area contributed by atoms with Gasteiger partial charge in [-0.1, -0.05) is 38.1 Å². The van der Waals surface area contributed by atoms with Crippen molar-refractivity contribution in [1.29, 1.82) is 0 Å². The Morgan fingerprint density at radius 2 is 1.75 bits per heavy atom. The molecular weight excluding hydrogens is 374 g/mol. The predicted molar refractivity (Wildman–Crippen MR) is 111 cm³/mol. The lowest BCUT2D eigenvalue weighted by Crippen LogP contribution is -2.09. The molecule has 0 amide bonds. The first-order chi connectivity index (χ1) is 13.4. The molecule has 1 N–H and O–H groups in total. The summed E-state index contributed by atoms with van der Waals surface area (Å²) in [7, 11) is 0. The lowest BCUT2D eigenvalue weighted by Gasteiger charge is -2.10. The number of carboxylic acid groups (broad SMARTS) is 1. The van der Waals surface area contributed by atoms with Crippen LogP contribution < -0.4 is 9.47 Å². The second-order valence-electron chi connectivity index (χ2n) is 6.69. The van der Waals surface area contributed by atoms with E-state index >= 15 is 0 Å². The summed E-state index contributed by atoms with van der Waals surface area (Å²) in [6.07, 6.45) is 0. The van der Waals surface area contributed by atoms with Gasteiger partial charge in [0.2, 0.25) is 0 Å². The molecule has 3 aromatic rings. The van der Waals surface area contributed by atoms with E-state index in [1.165, 1.54) is 16.9 Å². The Morgan fingerprint density at radius 1 is 1.07 bits per heavy atom. The topological polar surface area (TPSA) is 68.7 Å². The Balaban J connectivity index is 1.56. The molecule has 2 aromatic carbocycles. The SMILES string of the molecule is Cc1nc(-c2cccc(OCCOc3ccc(C(C)C)cc3)c2)sc1C(=O)O. The number of hydrogen-bond acceptors (Lipinski definition) is 5. The lowest BCUT2D eigenvalue weighted by atomic mass is 10.0. The molecule has 0 spiro atoms. The normalized spacial score (nSPS) is 10.9. The van der Waals surface area contributed by atoms with E-state index < -0.39 is 5.97 Å². The Labute approximate surface area is 168 Å². The Hall–Kier alpha value is -2.86. The van der Waals surface area contributed by atoms with Crippen molar-refractivity contribution in [2.45, 2.75) is 26.7 Å². The number of nitrogens with zero attached hydrogens (tertiary/aromatic N) is 1. The number of rotatable bonds is 8. The average Bonchev–Trinajstić information content (AvgIpc) is 3.08. The van der Waals surface area contributed by atoms with Crippen molar-refractivity contribution in [2.24, 2.45) is 0 Å². The van der Waals surface area contributed by atoms with Gasteiger partial charge in [0.25, 0.3) is 0 Å². The van der Waals surface area contributed by atoms with Gasteiger partial charge in [-0.15, -0.1) is 11.3 Å². The highest BCUT2D eigenvalue weighted by molar-refractivity contribution is 7.17. The van der Waals surface area contributed by atoms with Gasteiger partial charge in [-0.3, -0.25) is 0 Å². The van der Waals surface area contributed by atoms with Crippen LogP contribution in [-0.4, -0.2) is 29.3 Å². The van der Waals surface area contributed by atoms with Crippen molar-refractivity contribution in [3.05, 3.63) is 64.7 Å². The molecule has 0 bridgehead atoms. The molecule has 0 atom stereocenters. The van der Waals surface area contributed by atoms with Gasteiger partial charge in [-0.05, 0) is 42.7 Å². The van der Waals surface area contributed by atoms with E-state index in [1.807, 2.05) is 36.4 Å². The zero-order valence-electron chi connectivity index (χ0n) is 16.1. The molecule has 6 heteroatoms. The standard InChI is InChI=1S/C22H23NO4S/c1-14(2)16-7-9-18(10-8-16)26-11-12-27-19-6-4-5-17(13-19)21-23-15(3)20(28-21)22(24)25/h4-10,13-14H,11-12H2,1-3H3,(H,24,25). The third kappa shape index (κ3) is 4.89. The number of benzene rings is 2. The van der Waals surface area contributed by atoms with E-state index in [4.69, 9.17) is 9.47 Å². The summed E-state index contributed by atoms with van der Waals surface area (Å²) in [5.74, 6) is 1.06. The Bertz CT molecular complexity index is 947. The summed E-state index contributed by atoms with van der Waals surface area (Å²) in [5.41, 5.74) is 2.64. The number of hydrogen-bond donors (Lipinski definition) is 1. The van der Waals surface area contributed by atoms with Gasteiger partial charge in [-0.25, -0.2) is 9.78 Å². The fourth-order valence-corrected chi connectivity index (χ4v) is 3.61. The van der Waals surface area contributed by atoms with E-state index in [1.54, 1.807) is 6.92 Å². The quantitative estimate of drug-likeness (QED) is 0.516.